The lowest BCUT2D eigenvalue weighted by Gasteiger charge is -2.16. The van der Waals surface area contributed by atoms with Gasteiger partial charge in [0.05, 0.1) is 6.10 Å². The molecule has 0 heterocycles. The fourth-order valence-corrected chi connectivity index (χ4v) is 3.10. The Labute approximate surface area is 155 Å². The first-order chi connectivity index (χ1) is 12.5. The van der Waals surface area contributed by atoms with Crippen molar-refractivity contribution < 1.29 is 14.3 Å². The first-order valence-corrected chi connectivity index (χ1v) is 9.33. The molecular formula is C22H27NO3. The van der Waals surface area contributed by atoms with E-state index in [1.807, 2.05) is 49.4 Å². The molecule has 3 rings (SSSR count). The van der Waals surface area contributed by atoms with E-state index >= 15 is 0 Å². The zero-order valence-electron chi connectivity index (χ0n) is 15.7. The number of hydrogen-bond donors (Lipinski definition) is 1. The number of amides is 1. The normalized spacial score (nSPS) is 15.5. The Balaban J connectivity index is 1.53. The average Bonchev–Trinajstić information content (AvgIpc) is 3.13. The largest absolute Gasteiger partial charge is 0.490 e. The number of anilines is 1. The fourth-order valence-electron chi connectivity index (χ4n) is 3.10. The highest BCUT2D eigenvalue weighted by atomic mass is 16.5. The molecule has 0 aromatic heterocycles. The van der Waals surface area contributed by atoms with Crippen LogP contribution in [0.5, 0.6) is 11.5 Å². The summed E-state index contributed by atoms with van der Waals surface area (Å²) in [4.78, 5) is 12.4. The number of nitrogens with one attached hydrogen (secondary N) is 1. The zero-order chi connectivity index (χ0) is 18.5. The van der Waals surface area contributed by atoms with Crippen LogP contribution in [0, 0.1) is 13.8 Å². The lowest BCUT2D eigenvalue weighted by molar-refractivity contribution is -0.122. The summed E-state index contributed by atoms with van der Waals surface area (Å²) >= 11 is 0. The lowest BCUT2D eigenvalue weighted by Crippen LogP contribution is -2.30. The van der Waals surface area contributed by atoms with Gasteiger partial charge in [-0.05, 0) is 94.0 Å². The minimum atomic E-state index is -0.577. The van der Waals surface area contributed by atoms with E-state index in [4.69, 9.17) is 9.47 Å². The van der Waals surface area contributed by atoms with Crippen molar-refractivity contribution in [3.05, 3.63) is 53.6 Å². The molecule has 0 unspecified atom stereocenters. The van der Waals surface area contributed by atoms with E-state index < -0.39 is 6.10 Å². The molecule has 1 saturated carbocycles. The second-order valence-corrected chi connectivity index (χ2v) is 7.04. The van der Waals surface area contributed by atoms with Crippen LogP contribution in [0.1, 0.15) is 43.7 Å². The predicted molar refractivity (Wildman–Crippen MR) is 104 cm³/mol. The van der Waals surface area contributed by atoms with Crippen molar-refractivity contribution in [3.8, 4) is 11.5 Å². The Morgan fingerprint density at radius 2 is 1.65 bits per heavy atom. The van der Waals surface area contributed by atoms with E-state index in [9.17, 15) is 4.79 Å². The third-order valence-electron chi connectivity index (χ3n) is 4.89. The second kappa shape index (κ2) is 8.26. The van der Waals surface area contributed by atoms with Crippen molar-refractivity contribution in [3.63, 3.8) is 0 Å². The van der Waals surface area contributed by atoms with Gasteiger partial charge in [-0.2, -0.15) is 0 Å². The van der Waals surface area contributed by atoms with Crippen LogP contribution >= 0.6 is 0 Å². The third kappa shape index (κ3) is 4.78. The number of hydrogen-bond acceptors (Lipinski definition) is 3. The van der Waals surface area contributed by atoms with Gasteiger partial charge in [-0.25, -0.2) is 0 Å². The molecule has 1 aliphatic carbocycles. The molecule has 0 spiro atoms. The molecule has 26 heavy (non-hydrogen) atoms. The van der Waals surface area contributed by atoms with Crippen molar-refractivity contribution in [1.29, 1.82) is 0 Å². The number of carbonyl (C=O) groups excluding carboxylic acids is 1. The van der Waals surface area contributed by atoms with E-state index in [0.29, 0.717) is 11.9 Å². The van der Waals surface area contributed by atoms with Gasteiger partial charge in [-0.3, -0.25) is 4.79 Å². The van der Waals surface area contributed by atoms with E-state index in [1.165, 1.54) is 18.4 Å². The monoisotopic (exact) mass is 353 g/mol. The van der Waals surface area contributed by atoms with Gasteiger partial charge in [0.25, 0.3) is 5.91 Å². The molecule has 2 aromatic carbocycles. The Hall–Kier alpha value is -2.49. The van der Waals surface area contributed by atoms with Crippen molar-refractivity contribution in [1.82, 2.24) is 0 Å². The van der Waals surface area contributed by atoms with Crippen molar-refractivity contribution >= 4 is 11.6 Å². The Bertz CT molecular complexity index is 748. The van der Waals surface area contributed by atoms with Crippen LogP contribution in [-0.2, 0) is 4.79 Å². The molecule has 0 aliphatic heterocycles. The maximum atomic E-state index is 12.4. The molecule has 1 amide bonds. The van der Waals surface area contributed by atoms with Crippen molar-refractivity contribution in [2.45, 2.75) is 58.7 Å². The highest BCUT2D eigenvalue weighted by Gasteiger charge is 2.17. The van der Waals surface area contributed by atoms with Gasteiger partial charge >= 0.3 is 0 Å². The Kier molecular flexibility index (Phi) is 5.82. The maximum Gasteiger partial charge on any atom is 0.265 e. The van der Waals surface area contributed by atoms with Crippen LogP contribution in [0.25, 0.3) is 0 Å². The minimum absolute atomic E-state index is 0.173. The Morgan fingerprint density at radius 3 is 2.31 bits per heavy atom. The third-order valence-corrected chi connectivity index (χ3v) is 4.89. The molecule has 1 atom stereocenters. The quantitative estimate of drug-likeness (QED) is 0.792. The van der Waals surface area contributed by atoms with Crippen LogP contribution in [-0.4, -0.2) is 18.1 Å². The summed E-state index contributed by atoms with van der Waals surface area (Å²) in [6.07, 6.45) is 4.51. The molecule has 0 saturated heterocycles. The summed E-state index contributed by atoms with van der Waals surface area (Å²) in [7, 11) is 0. The van der Waals surface area contributed by atoms with E-state index in [1.54, 1.807) is 6.92 Å². The maximum absolute atomic E-state index is 12.4. The van der Waals surface area contributed by atoms with Gasteiger partial charge in [0.2, 0.25) is 0 Å². The number of carbonyl (C=O) groups is 1. The molecule has 0 radical (unpaired) electrons. The molecule has 4 heteroatoms. The predicted octanol–water partition coefficient (Wildman–Crippen LogP) is 5.03. The fraction of sp³-hybridized carbons (Fsp3) is 0.409. The highest BCUT2D eigenvalue weighted by molar-refractivity contribution is 5.94. The van der Waals surface area contributed by atoms with Gasteiger partial charge in [0.1, 0.15) is 11.5 Å². The first kappa shape index (κ1) is 18.3. The molecule has 2 aromatic rings. The molecule has 1 aliphatic rings. The summed E-state index contributed by atoms with van der Waals surface area (Å²) in [5.41, 5.74) is 3.09. The average molecular weight is 353 g/mol. The Morgan fingerprint density at radius 1 is 1.00 bits per heavy atom. The number of ether oxygens (including phenoxy) is 2. The molecule has 1 N–H and O–H groups in total. The summed E-state index contributed by atoms with van der Waals surface area (Å²) in [6, 6.07) is 13.4. The van der Waals surface area contributed by atoms with Crippen LogP contribution in [0.2, 0.25) is 0 Å². The van der Waals surface area contributed by atoms with Crippen LogP contribution in [0.3, 0.4) is 0 Å². The van der Waals surface area contributed by atoms with Crippen LogP contribution in [0.4, 0.5) is 5.69 Å². The van der Waals surface area contributed by atoms with Crippen molar-refractivity contribution in [2.24, 2.45) is 0 Å². The van der Waals surface area contributed by atoms with E-state index in [0.717, 1.165) is 29.8 Å². The van der Waals surface area contributed by atoms with Crippen molar-refractivity contribution in [2.75, 3.05) is 5.32 Å². The van der Waals surface area contributed by atoms with E-state index in [-0.39, 0.29) is 5.91 Å². The lowest BCUT2D eigenvalue weighted by atomic mass is 10.1. The van der Waals surface area contributed by atoms with Gasteiger partial charge < -0.3 is 14.8 Å². The SMILES string of the molecule is Cc1ccc(O[C@@H](C)C(=O)Nc2ccc(OC3CCCC3)cc2)cc1C. The summed E-state index contributed by atoms with van der Waals surface area (Å²) in [5.74, 6) is 1.39. The number of aryl methyl sites for hydroxylation is 2. The summed E-state index contributed by atoms with van der Waals surface area (Å²) < 4.78 is 11.7. The van der Waals surface area contributed by atoms with Crippen LogP contribution in [0.15, 0.2) is 42.5 Å². The number of rotatable bonds is 6. The van der Waals surface area contributed by atoms with Gasteiger partial charge in [0.15, 0.2) is 6.10 Å². The summed E-state index contributed by atoms with van der Waals surface area (Å²) in [5, 5.41) is 2.89. The smallest absolute Gasteiger partial charge is 0.265 e. The first-order valence-electron chi connectivity index (χ1n) is 9.33. The second-order valence-electron chi connectivity index (χ2n) is 7.04. The topological polar surface area (TPSA) is 47.6 Å². The standard InChI is InChI=1S/C22H27NO3/c1-15-8-11-21(14-16(15)2)25-17(3)22(24)23-18-9-12-20(13-10-18)26-19-6-4-5-7-19/h8-14,17,19H,4-7H2,1-3H3,(H,23,24)/t17-/m0/s1. The van der Waals surface area contributed by atoms with Gasteiger partial charge in [0, 0.05) is 5.69 Å². The molecule has 0 bridgehead atoms. The van der Waals surface area contributed by atoms with Gasteiger partial charge in [-0.15, -0.1) is 0 Å². The molecule has 1 fully saturated rings. The van der Waals surface area contributed by atoms with Gasteiger partial charge in [-0.1, -0.05) is 6.07 Å². The van der Waals surface area contributed by atoms with Crippen LogP contribution < -0.4 is 14.8 Å². The highest BCUT2D eigenvalue weighted by Crippen LogP contribution is 2.25. The number of benzene rings is 2. The molecule has 4 nitrogen and oxygen atoms in total. The molecular weight excluding hydrogens is 326 g/mol. The minimum Gasteiger partial charge on any atom is -0.490 e. The molecule has 138 valence electrons. The summed E-state index contributed by atoms with van der Waals surface area (Å²) in [6.45, 7) is 5.83. The zero-order valence-corrected chi connectivity index (χ0v) is 15.7. The van der Waals surface area contributed by atoms with E-state index in [2.05, 4.69) is 12.2 Å².